The number of amides is 1. The van der Waals surface area contributed by atoms with Gasteiger partial charge in [-0.15, -0.1) is 0 Å². The first-order valence-corrected chi connectivity index (χ1v) is 8.76. The number of rotatable bonds is 7. The molecule has 0 aromatic heterocycles. The maximum atomic E-state index is 12.5. The third kappa shape index (κ3) is 4.54. The molecule has 0 bridgehead atoms. The monoisotopic (exact) mass is 420 g/mol. The lowest BCUT2D eigenvalue weighted by Crippen LogP contribution is -2.21. The Labute approximate surface area is 161 Å². The van der Waals surface area contributed by atoms with E-state index in [1.54, 1.807) is 38.5 Å². The molecule has 6 nitrogen and oxygen atoms in total. The number of nitrogens with one attached hydrogen (secondary N) is 1. The van der Waals surface area contributed by atoms with Gasteiger partial charge in [-0.25, -0.2) is 5.43 Å². The van der Waals surface area contributed by atoms with Crippen molar-refractivity contribution in [1.29, 1.82) is 0 Å². The second kappa shape index (κ2) is 9.24. The van der Waals surface area contributed by atoms with Crippen LogP contribution in [0.4, 0.5) is 0 Å². The normalized spacial score (nSPS) is 11.0. The van der Waals surface area contributed by atoms with Gasteiger partial charge in [-0.3, -0.25) is 4.79 Å². The minimum atomic E-state index is -0.360. The van der Waals surface area contributed by atoms with E-state index in [1.807, 2.05) is 19.1 Å². The molecular formula is C19H21BrN2O4. The Morgan fingerprint density at radius 1 is 1.00 bits per heavy atom. The predicted octanol–water partition coefficient (Wildman–Crippen LogP) is 4.02. The molecule has 0 aliphatic carbocycles. The molecule has 2 rings (SSSR count). The van der Waals surface area contributed by atoms with Crippen LogP contribution in [-0.2, 0) is 0 Å². The summed E-state index contributed by atoms with van der Waals surface area (Å²) in [6, 6.07) is 10.7. The molecule has 138 valence electrons. The van der Waals surface area contributed by atoms with Crippen molar-refractivity contribution >= 4 is 27.5 Å². The Morgan fingerprint density at radius 3 is 2.35 bits per heavy atom. The van der Waals surface area contributed by atoms with E-state index in [1.165, 1.54) is 7.11 Å². The molecule has 0 saturated carbocycles. The van der Waals surface area contributed by atoms with Crippen molar-refractivity contribution in [1.82, 2.24) is 5.43 Å². The highest BCUT2D eigenvalue weighted by atomic mass is 79.9. The number of hydrazone groups is 1. The Kier molecular flexibility index (Phi) is 7.03. The van der Waals surface area contributed by atoms with Crippen LogP contribution in [0.1, 0.15) is 29.3 Å². The molecule has 0 heterocycles. The van der Waals surface area contributed by atoms with Gasteiger partial charge in [0.15, 0.2) is 0 Å². The lowest BCUT2D eigenvalue weighted by Gasteiger charge is -2.12. The smallest absolute Gasteiger partial charge is 0.275 e. The molecule has 0 aliphatic rings. The second-order valence-electron chi connectivity index (χ2n) is 5.26. The van der Waals surface area contributed by atoms with E-state index in [4.69, 9.17) is 14.2 Å². The average Bonchev–Trinajstić information content (AvgIpc) is 2.68. The molecule has 0 fully saturated rings. The molecule has 2 aromatic carbocycles. The van der Waals surface area contributed by atoms with E-state index in [2.05, 4.69) is 26.5 Å². The molecule has 0 unspecified atom stereocenters. The van der Waals surface area contributed by atoms with Crippen LogP contribution in [0.15, 0.2) is 46.0 Å². The number of ether oxygens (including phenoxy) is 3. The van der Waals surface area contributed by atoms with Gasteiger partial charge in [0.1, 0.15) is 17.2 Å². The molecule has 1 N–H and O–H groups in total. The van der Waals surface area contributed by atoms with Crippen LogP contribution < -0.4 is 19.6 Å². The highest BCUT2D eigenvalue weighted by molar-refractivity contribution is 9.10. The Bertz CT molecular complexity index is 821. The van der Waals surface area contributed by atoms with Crippen LogP contribution in [0, 0.1) is 0 Å². The SMILES string of the molecule is CC/C(=N/NC(=O)c1cc(Br)ccc1OC)c1ccc(OC)cc1OC. The summed E-state index contributed by atoms with van der Waals surface area (Å²) >= 11 is 3.36. The summed E-state index contributed by atoms with van der Waals surface area (Å²) in [5.74, 6) is 1.42. The van der Waals surface area contributed by atoms with Crippen molar-refractivity contribution in [2.75, 3.05) is 21.3 Å². The van der Waals surface area contributed by atoms with E-state index in [0.29, 0.717) is 34.9 Å². The van der Waals surface area contributed by atoms with Gasteiger partial charge in [0.2, 0.25) is 0 Å². The maximum absolute atomic E-state index is 12.5. The maximum Gasteiger partial charge on any atom is 0.275 e. The zero-order valence-electron chi connectivity index (χ0n) is 15.1. The first kappa shape index (κ1) is 19.8. The Hall–Kier alpha value is -2.54. The fourth-order valence-corrected chi connectivity index (χ4v) is 2.76. The zero-order valence-corrected chi connectivity index (χ0v) is 16.7. The molecule has 0 spiro atoms. The summed E-state index contributed by atoms with van der Waals surface area (Å²) in [5.41, 5.74) is 4.46. The topological polar surface area (TPSA) is 69.2 Å². The number of hydrogen-bond donors (Lipinski definition) is 1. The second-order valence-corrected chi connectivity index (χ2v) is 6.18. The van der Waals surface area contributed by atoms with E-state index in [-0.39, 0.29) is 5.91 Å². The van der Waals surface area contributed by atoms with Crippen LogP contribution >= 0.6 is 15.9 Å². The number of benzene rings is 2. The van der Waals surface area contributed by atoms with Gasteiger partial charge in [-0.2, -0.15) is 5.10 Å². The Morgan fingerprint density at radius 2 is 1.73 bits per heavy atom. The summed E-state index contributed by atoms with van der Waals surface area (Å²) in [4.78, 5) is 12.5. The quantitative estimate of drug-likeness (QED) is 0.542. The van der Waals surface area contributed by atoms with Crippen molar-refractivity contribution in [2.24, 2.45) is 5.10 Å². The molecule has 7 heteroatoms. The van der Waals surface area contributed by atoms with Crippen LogP contribution in [-0.4, -0.2) is 32.9 Å². The van der Waals surface area contributed by atoms with Crippen LogP contribution in [0.2, 0.25) is 0 Å². The summed E-state index contributed by atoms with van der Waals surface area (Å²) in [6.07, 6.45) is 0.610. The lowest BCUT2D eigenvalue weighted by atomic mass is 10.1. The summed E-state index contributed by atoms with van der Waals surface area (Å²) in [7, 11) is 4.69. The first-order chi connectivity index (χ1) is 12.5. The van der Waals surface area contributed by atoms with E-state index < -0.39 is 0 Å². The molecule has 0 saturated heterocycles. The van der Waals surface area contributed by atoms with Crippen molar-refractivity contribution < 1.29 is 19.0 Å². The van der Waals surface area contributed by atoms with Gasteiger partial charge in [0.05, 0.1) is 32.6 Å². The number of carbonyl (C=O) groups is 1. The molecule has 2 aromatic rings. The highest BCUT2D eigenvalue weighted by Crippen LogP contribution is 2.26. The minimum Gasteiger partial charge on any atom is -0.497 e. The molecular weight excluding hydrogens is 400 g/mol. The van der Waals surface area contributed by atoms with Crippen molar-refractivity contribution in [3.8, 4) is 17.2 Å². The third-order valence-electron chi connectivity index (χ3n) is 3.75. The molecule has 26 heavy (non-hydrogen) atoms. The highest BCUT2D eigenvalue weighted by Gasteiger charge is 2.14. The largest absolute Gasteiger partial charge is 0.497 e. The van der Waals surface area contributed by atoms with Crippen molar-refractivity contribution in [3.63, 3.8) is 0 Å². The molecule has 1 amide bonds. The summed E-state index contributed by atoms with van der Waals surface area (Å²) < 4.78 is 16.6. The third-order valence-corrected chi connectivity index (χ3v) is 4.25. The lowest BCUT2D eigenvalue weighted by molar-refractivity contribution is 0.0951. The van der Waals surface area contributed by atoms with Gasteiger partial charge < -0.3 is 14.2 Å². The van der Waals surface area contributed by atoms with Crippen LogP contribution in [0.5, 0.6) is 17.2 Å². The fraction of sp³-hybridized carbons (Fsp3) is 0.263. The zero-order chi connectivity index (χ0) is 19.1. The Balaban J connectivity index is 2.30. The van der Waals surface area contributed by atoms with E-state index in [9.17, 15) is 4.79 Å². The van der Waals surface area contributed by atoms with Gasteiger partial charge in [-0.05, 0) is 36.8 Å². The van der Waals surface area contributed by atoms with Crippen molar-refractivity contribution in [2.45, 2.75) is 13.3 Å². The minimum absolute atomic E-state index is 0.360. The van der Waals surface area contributed by atoms with E-state index in [0.717, 1.165) is 10.0 Å². The standard InChI is InChI=1S/C19H21BrN2O4/c1-5-16(14-8-7-13(24-2)11-18(14)26-4)21-22-19(23)15-10-12(20)6-9-17(15)25-3/h6-11H,5H2,1-4H3,(H,22,23)/b21-16-. The first-order valence-electron chi connectivity index (χ1n) is 7.96. The van der Waals surface area contributed by atoms with Gasteiger partial charge in [-0.1, -0.05) is 22.9 Å². The molecule has 0 atom stereocenters. The number of carbonyl (C=O) groups excluding carboxylic acids is 1. The van der Waals surface area contributed by atoms with Crippen LogP contribution in [0.25, 0.3) is 0 Å². The summed E-state index contributed by atoms with van der Waals surface area (Å²) in [6.45, 7) is 1.95. The average molecular weight is 421 g/mol. The van der Waals surface area contributed by atoms with Gasteiger partial charge >= 0.3 is 0 Å². The predicted molar refractivity (Wildman–Crippen MR) is 105 cm³/mol. The number of nitrogens with zero attached hydrogens (tertiary/aromatic N) is 1. The van der Waals surface area contributed by atoms with Crippen molar-refractivity contribution in [3.05, 3.63) is 52.0 Å². The summed E-state index contributed by atoms with van der Waals surface area (Å²) in [5, 5.41) is 4.28. The van der Waals surface area contributed by atoms with Gasteiger partial charge in [0, 0.05) is 16.1 Å². The number of methoxy groups -OCH3 is 3. The fourth-order valence-electron chi connectivity index (χ4n) is 2.40. The van der Waals surface area contributed by atoms with Crippen LogP contribution in [0.3, 0.4) is 0 Å². The molecule has 0 aliphatic heterocycles. The number of hydrogen-bond acceptors (Lipinski definition) is 5. The number of halogens is 1. The van der Waals surface area contributed by atoms with E-state index >= 15 is 0 Å². The molecule has 0 radical (unpaired) electrons. The van der Waals surface area contributed by atoms with Gasteiger partial charge in [0.25, 0.3) is 5.91 Å².